The van der Waals surface area contributed by atoms with Crippen LogP contribution < -0.4 is 20.1 Å². The van der Waals surface area contributed by atoms with Gasteiger partial charge in [0.05, 0.1) is 20.3 Å². The molecule has 1 amide bonds. The number of nitrogens with one attached hydrogen (secondary N) is 2. The number of carbonyl (C=O) groups is 1. The molecule has 0 radical (unpaired) electrons. The molecule has 2 aromatic rings. The third-order valence-corrected chi connectivity index (χ3v) is 3.66. The fourth-order valence-corrected chi connectivity index (χ4v) is 2.40. The quantitative estimate of drug-likeness (QED) is 0.853. The van der Waals surface area contributed by atoms with Gasteiger partial charge in [-0.1, -0.05) is 12.1 Å². The number of anilines is 1. The van der Waals surface area contributed by atoms with Crippen molar-refractivity contribution < 1.29 is 19.0 Å². The minimum atomic E-state index is -0.316. The van der Waals surface area contributed by atoms with E-state index in [2.05, 4.69) is 10.6 Å². The lowest BCUT2D eigenvalue weighted by Crippen LogP contribution is -2.48. The monoisotopic (exact) mass is 364 g/mol. The lowest BCUT2D eigenvalue weighted by atomic mass is 10.2. The van der Waals surface area contributed by atoms with E-state index in [0.717, 1.165) is 0 Å². The van der Waals surface area contributed by atoms with Gasteiger partial charge in [-0.05, 0) is 36.4 Å². The molecule has 7 heteroatoms. The van der Waals surface area contributed by atoms with Crippen molar-refractivity contribution in [3.8, 4) is 17.2 Å². The summed E-state index contributed by atoms with van der Waals surface area (Å²) in [6.07, 6.45) is 0. The van der Waals surface area contributed by atoms with Crippen molar-refractivity contribution in [1.29, 1.82) is 0 Å². The first-order valence-corrected chi connectivity index (χ1v) is 7.79. The van der Waals surface area contributed by atoms with Gasteiger partial charge in [0.2, 0.25) is 5.91 Å². The van der Waals surface area contributed by atoms with Gasteiger partial charge < -0.3 is 24.8 Å². The second kappa shape index (κ2) is 9.27. The summed E-state index contributed by atoms with van der Waals surface area (Å²) in [5, 5.41) is 5.98. The topological polar surface area (TPSA) is 68.8 Å². The summed E-state index contributed by atoms with van der Waals surface area (Å²) in [7, 11) is 1.60. The average Bonchev–Trinajstić information content (AvgIpc) is 2.64. The van der Waals surface area contributed by atoms with Crippen molar-refractivity contribution in [1.82, 2.24) is 5.32 Å². The van der Waals surface area contributed by atoms with Crippen LogP contribution in [0.2, 0.25) is 0 Å². The maximum absolute atomic E-state index is 12.1. The molecule has 1 heterocycles. The third kappa shape index (κ3) is 5.09. The van der Waals surface area contributed by atoms with Crippen LogP contribution in [0.3, 0.4) is 0 Å². The number of ether oxygens (including phenoxy) is 3. The summed E-state index contributed by atoms with van der Waals surface area (Å²) in [5.41, 5.74) is 0.708. The third-order valence-electron chi connectivity index (χ3n) is 3.66. The molecule has 2 aromatic carbocycles. The Morgan fingerprint density at radius 2 is 1.88 bits per heavy atom. The number of rotatable bonds is 5. The van der Waals surface area contributed by atoms with E-state index in [0.29, 0.717) is 42.7 Å². The Bertz CT molecular complexity index is 688. The molecule has 0 aliphatic carbocycles. The van der Waals surface area contributed by atoms with Crippen LogP contribution in [0.4, 0.5) is 5.69 Å². The molecule has 1 aliphatic rings. The van der Waals surface area contributed by atoms with Crippen LogP contribution in [0.25, 0.3) is 0 Å². The van der Waals surface area contributed by atoms with E-state index in [1.807, 2.05) is 24.3 Å². The van der Waals surface area contributed by atoms with Crippen LogP contribution in [-0.4, -0.2) is 38.8 Å². The number of methoxy groups -OCH3 is 1. The SMILES string of the molecule is COc1ccccc1Oc1ccc(NC(=O)C2COCCN2)cc1.Cl. The first-order valence-electron chi connectivity index (χ1n) is 7.79. The summed E-state index contributed by atoms with van der Waals surface area (Å²) >= 11 is 0. The van der Waals surface area contributed by atoms with Crippen molar-refractivity contribution in [2.24, 2.45) is 0 Å². The van der Waals surface area contributed by atoms with Crippen LogP contribution in [0.15, 0.2) is 48.5 Å². The molecular weight excluding hydrogens is 344 g/mol. The van der Waals surface area contributed by atoms with Gasteiger partial charge >= 0.3 is 0 Å². The Labute approximate surface area is 152 Å². The average molecular weight is 365 g/mol. The molecule has 0 spiro atoms. The number of hydrogen-bond acceptors (Lipinski definition) is 5. The van der Waals surface area contributed by atoms with Crippen LogP contribution in [0.1, 0.15) is 0 Å². The Balaban J connectivity index is 0.00000225. The van der Waals surface area contributed by atoms with Crippen LogP contribution in [0.5, 0.6) is 17.2 Å². The number of para-hydroxylation sites is 2. The van der Waals surface area contributed by atoms with Gasteiger partial charge in [-0.2, -0.15) is 0 Å². The predicted octanol–water partition coefficient (Wildman–Crippen LogP) is 2.84. The van der Waals surface area contributed by atoms with E-state index in [1.54, 1.807) is 31.4 Å². The van der Waals surface area contributed by atoms with E-state index < -0.39 is 0 Å². The Morgan fingerprint density at radius 1 is 1.16 bits per heavy atom. The molecule has 0 bridgehead atoms. The molecular formula is C18H21ClN2O4. The minimum absolute atomic E-state index is 0. The van der Waals surface area contributed by atoms with E-state index in [9.17, 15) is 4.79 Å². The van der Waals surface area contributed by atoms with Crippen molar-refractivity contribution in [3.63, 3.8) is 0 Å². The van der Waals surface area contributed by atoms with Crippen molar-refractivity contribution in [3.05, 3.63) is 48.5 Å². The Hall–Kier alpha value is -2.28. The second-order valence-electron chi connectivity index (χ2n) is 5.35. The van der Waals surface area contributed by atoms with E-state index in [-0.39, 0.29) is 24.4 Å². The highest BCUT2D eigenvalue weighted by Gasteiger charge is 2.21. The summed E-state index contributed by atoms with van der Waals surface area (Å²) in [5.74, 6) is 1.86. The highest BCUT2D eigenvalue weighted by Crippen LogP contribution is 2.31. The summed E-state index contributed by atoms with van der Waals surface area (Å²) < 4.78 is 16.4. The number of carbonyl (C=O) groups excluding carboxylic acids is 1. The standard InChI is InChI=1S/C18H20N2O4.ClH/c1-22-16-4-2-3-5-17(16)24-14-8-6-13(7-9-14)20-18(21)15-12-23-11-10-19-15;/h2-9,15,19H,10-12H2,1H3,(H,20,21);1H. The molecule has 1 aliphatic heterocycles. The minimum Gasteiger partial charge on any atom is -0.493 e. The van der Waals surface area contributed by atoms with Crippen LogP contribution in [0, 0.1) is 0 Å². The lowest BCUT2D eigenvalue weighted by molar-refractivity contribution is -0.120. The van der Waals surface area contributed by atoms with Crippen molar-refractivity contribution >= 4 is 24.0 Å². The van der Waals surface area contributed by atoms with Crippen LogP contribution in [-0.2, 0) is 9.53 Å². The van der Waals surface area contributed by atoms with Crippen molar-refractivity contribution in [2.75, 3.05) is 32.2 Å². The summed E-state index contributed by atoms with van der Waals surface area (Å²) in [6, 6.07) is 14.3. The van der Waals surface area contributed by atoms with Gasteiger partial charge in [0, 0.05) is 12.2 Å². The number of hydrogen-bond donors (Lipinski definition) is 2. The molecule has 0 saturated carbocycles. The van der Waals surface area contributed by atoms with Gasteiger partial charge in [-0.25, -0.2) is 0 Å². The predicted molar refractivity (Wildman–Crippen MR) is 98.0 cm³/mol. The van der Waals surface area contributed by atoms with Gasteiger partial charge in [0.25, 0.3) is 0 Å². The Morgan fingerprint density at radius 3 is 2.52 bits per heavy atom. The van der Waals surface area contributed by atoms with Gasteiger partial charge in [-0.3, -0.25) is 4.79 Å². The molecule has 0 aromatic heterocycles. The number of halogens is 1. The number of benzene rings is 2. The fraction of sp³-hybridized carbons (Fsp3) is 0.278. The molecule has 1 saturated heterocycles. The number of amides is 1. The van der Waals surface area contributed by atoms with Gasteiger partial charge in [0.1, 0.15) is 11.8 Å². The second-order valence-corrected chi connectivity index (χ2v) is 5.35. The summed E-state index contributed by atoms with van der Waals surface area (Å²) in [4.78, 5) is 12.1. The van der Waals surface area contributed by atoms with Gasteiger partial charge in [0.15, 0.2) is 11.5 Å². The maximum Gasteiger partial charge on any atom is 0.243 e. The molecule has 25 heavy (non-hydrogen) atoms. The molecule has 1 atom stereocenters. The van der Waals surface area contributed by atoms with Gasteiger partial charge in [-0.15, -0.1) is 12.4 Å². The smallest absolute Gasteiger partial charge is 0.243 e. The fourth-order valence-electron chi connectivity index (χ4n) is 2.40. The zero-order valence-corrected chi connectivity index (χ0v) is 14.7. The first-order chi connectivity index (χ1) is 11.8. The molecule has 1 fully saturated rings. The maximum atomic E-state index is 12.1. The molecule has 1 unspecified atom stereocenters. The van der Waals surface area contributed by atoms with E-state index in [1.165, 1.54) is 0 Å². The van der Waals surface area contributed by atoms with Crippen molar-refractivity contribution in [2.45, 2.75) is 6.04 Å². The zero-order valence-electron chi connectivity index (χ0n) is 13.9. The van der Waals surface area contributed by atoms with E-state index >= 15 is 0 Å². The van der Waals surface area contributed by atoms with Crippen LogP contribution >= 0.6 is 12.4 Å². The molecule has 2 N–H and O–H groups in total. The largest absolute Gasteiger partial charge is 0.493 e. The van der Waals surface area contributed by atoms with E-state index in [4.69, 9.17) is 14.2 Å². The molecule has 3 rings (SSSR count). The number of morpholine rings is 1. The highest BCUT2D eigenvalue weighted by atomic mass is 35.5. The molecule has 134 valence electrons. The highest BCUT2D eigenvalue weighted by molar-refractivity contribution is 5.95. The summed E-state index contributed by atoms with van der Waals surface area (Å²) in [6.45, 7) is 1.71. The first kappa shape index (κ1) is 19.1. The normalized spacial score (nSPS) is 16.4. The molecule has 6 nitrogen and oxygen atoms in total. The Kier molecular flexibility index (Phi) is 7.06. The zero-order chi connectivity index (χ0) is 16.8. The lowest BCUT2D eigenvalue weighted by Gasteiger charge is -2.22.